The van der Waals surface area contributed by atoms with Crippen molar-refractivity contribution in [3.8, 4) is 0 Å². The molecule has 0 saturated carbocycles. The average Bonchev–Trinajstić information content (AvgIpc) is 2.60. The first-order chi connectivity index (χ1) is 12.7. The molecule has 1 amide bonds. The first kappa shape index (κ1) is 21.3. The molecule has 2 N–H and O–H groups in total. The number of carbonyl (C=O) groups excluding carboxylic acids is 1. The molecule has 0 aliphatic carbocycles. The van der Waals surface area contributed by atoms with E-state index in [1.807, 2.05) is 13.8 Å². The van der Waals surface area contributed by atoms with Gasteiger partial charge in [-0.05, 0) is 51.0 Å². The van der Waals surface area contributed by atoms with Gasteiger partial charge in [-0.15, -0.1) is 0 Å². The van der Waals surface area contributed by atoms with Crippen LogP contribution in [-0.2, 0) is 19.6 Å². The minimum atomic E-state index is -3.64. The first-order valence-corrected chi connectivity index (χ1v) is 10.4. The maximum Gasteiger partial charge on any atom is 0.303 e. The van der Waals surface area contributed by atoms with E-state index >= 15 is 0 Å². The maximum absolute atomic E-state index is 12.8. The molecule has 8 nitrogen and oxygen atoms in total. The molecule has 2 unspecified atom stereocenters. The van der Waals surface area contributed by atoms with Crippen molar-refractivity contribution in [1.29, 1.82) is 0 Å². The van der Waals surface area contributed by atoms with Gasteiger partial charge in [0.15, 0.2) is 0 Å². The third-order valence-electron chi connectivity index (χ3n) is 4.24. The Morgan fingerprint density at radius 1 is 1.15 bits per heavy atom. The van der Waals surface area contributed by atoms with Crippen LogP contribution in [0.25, 0.3) is 0 Å². The van der Waals surface area contributed by atoms with E-state index in [1.54, 1.807) is 0 Å². The van der Waals surface area contributed by atoms with Gasteiger partial charge in [-0.25, -0.2) is 8.42 Å². The number of carboxylic acids is 1. The molecule has 150 valence electrons. The van der Waals surface area contributed by atoms with E-state index < -0.39 is 16.0 Å². The maximum atomic E-state index is 12.8. The van der Waals surface area contributed by atoms with Crippen molar-refractivity contribution in [2.24, 2.45) is 0 Å². The Balaban J connectivity index is 1.95. The smallest absolute Gasteiger partial charge is 0.303 e. The summed E-state index contributed by atoms with van der Waals surface area (Å²) >= 11 is 0. The topological polar surface area (TPSA) is 113 Å². The number of rotatable bonds is 8. The SMILES string of the molecule is CC1CN(S(=O)(=O)c2ccc(C(=O)NCCCCC(=O)O)cc2)CC(C)O1. The molecule has 0 aromatic heterocycles. The summed E-state index contributed by atoms with van der Waals surface area (Å²) in [5.41, 5.74) is 0.357. The van der Waals surface area contributed by atoms with Crippen molar-refractivity contribution in [2.45, 2.75) is 50.2 Å². The number of carboxylic acid groups (broad SMARTS) is 1. The number of unbranched alkanes of at least 4 members (excludes halogenated alkanes) is 1. The van der Waals surface area contributed by atoms with E-state index in [4.69, 9.17) is 9.84 Å². The van der Waals surface area contributed by atoms with E-state index in [9.17, 15) is 18.0 Å². The third kappa shape index (κ3) is 6.02. The van der Waals surface area contributed by atoms with Crippen LogP contribution in [0.15, 0.2) is 29.2 Å². The molecule has 2 atom stereocenters. The summed E-state index contributed by atoms with van der Waals surface area (Å²) < 4.78 is 32.5. The summed E-state index contributed by atoms with van der Waals surface area (Å²) in [5.74, 6) is -1.18. The highest BCUT2D eigenvalue weighted by molar-refractivity contribution is 7.89. The number of hydrogen-bond acceptors (Lipinski definition) is 5. The number of sulfonamides is 1. The molecule has 1 heterocycles. The Morgan fingerprint density at radius 2 is 1.74 bits per heavy atom. The van der Waals surface area contributed by atoms with Gasteiger partial charge in [-0.3, -0.25) is 9.59 Å². The Bertz CT molecular complexity index is 753. The molecule has 2 rings (SSSR count). The fraction of sp³-hybridized carbons (Fsp3) is 0.556. The summed E-state index contributed by atoms with van der Waals surface area (Å²) in [6.45, 7) is 4.64. The molecule has 0 bridgehead atoms. The molecule has 1 aromatic carbocycles. The Hall–Kier alpha value is -1.97. The van der Waals surface area contributed by atoms with Crippen LogP contribution in [-0.4, -0.2) is 61.5 Å². The highest BCUT2D eigenvalue weighted by atomic mass is 32.2. The monoisotopic (exact) mass is 398 g/mol. The number of morpholine rings is 1. The summed E-state index contributed by atoms with van der Waals surface area (Å²) in [7, 11) is -3.64. The van der Waals surface area contributed by atoms with E-state index in [0.717, 1.165) is 0 Å². The van der Waals surface area contributed by atoms with E-state index in [-0.39, 0.29) is 29.4 Å². The van der Waals surface area contributed by atoms with Crippen LogP contribution in [0.1, 0.15) is 43.5 Å². The molecule has 0 spiro atoms. The number of ether oxygens (including phenoxy) is 1. The van der Waals surface area contributed by atoms with E-state index in [0.29, 0.717) is 38.0 Å². The van der Waals surface area contributed by atoms with Crippen molar-refractivity contribution in [1.82, 2.24) is 9.62 Å². The predicted molar refractivity (Wildman–Crippen MR) is 99.0 cm³/mol. The summed E-state index contributed by atoms with van der Waals surface area (Å²) in [4.78, 5) is 22.7. The van der Waals surface area contributed by atoms with Crippen LogP contribution in [0.5, 0.6) is 0 Å². The highest BCUT2D eigenvalue weighted by Gasteiger charge is 2.32. The minimum Gasteiger partial charge on any atom is -0.481 e. The minimum absolute atomic E-state index is 0.0706. The molecule has 9 heteroatoms. The Labute approximate surface area is 159 Å². The lowest BCUT2D eigenvalue weighted by Crippen LogP contribution is -2.48. The molecule has 27 heavy (non-hydrogen) atoms. The largest absolute Gasteiger partial charge is 0.481 e. The van der Waals surface area contributed by atoms with Gasteiger partial charge in [0.25, 0.3) is 5.91 Å². The average molecular weight is 398 g/mol. The molecular weight excluding hydrogens is 372 g/mol. The number of carbonyl (C=O) groups is 2. The van der Waals surface area contributed by atoms with E-state index in [1.165, 1.54) is 28.6 Å². The lowest BCUT2D eigenvalue weighted by Gasteiger charge is -2.34. The van der Waals surface area contributed by atoms with Crippen LogP contribution in [0.2, 0.25) is 0 Å². The molecule has 1 fully saturated rings. The van der Waals surface area contributed by atoms with E-state index in [2.05, 4.69) is 5.32 Å². The van der Waals surface area contributed by atoms with Crippen LogP contribution >= 0.6 is 0 Å². The zero-order valence-corrected chi connectivity index (χ0v) is 16.4. The lowest BCUT2D eigenvalue weighted by atomic mass is 10.2. The molecule has 0 radical (unpaired) electrons. The molecule has 1 aliphatic heterocycles. The normalized spacial score (nSPS) is 21.0. The zero-order valence-electron chi connectivity index (χ0n) is 15.6. The van der Waals surface area contributed by atoms with Gasteiger partial charge in [0.2, 0.25) is 10.0 Å². The number of nitrogens with one attached hydrogen (secondary N) is 1. The second kappa shape index (κ2) is 9.29. The molecule has 1 saturated heterocycles. The standard InChI is InChI=1S/C18H26N2O6S/c1-13-11-20(12-14(2)26-13)27(24,25)16-8-6-15(7-9-16)18(23)19-10-4-3-5-17(21)22/h6-9,13-14H,3-5,10-12H2,1-2H3,(H,19,23)(H,21,22). The second-order valence-electron chi connectivity index (χ2n) is 6.71. The van der Waals surface area contributed by atoms with Gasteiger partial charge < -0.3 is 15.2 Å². The van der Waals surface area contributed by atoms with Gasteiger partial charge in [-0.2, -0.15) is 4.31 Å². The number of benzene rings is 1. The second-order valence-corrected chi connectivity index (χ2v) is 8.65. The van der Waals surface area contributed by atoms with Crippen LogP contribution in [0.3, 0.4) is 0 Å². The number of amides is 1. The van der Waals surface area contributed by atoms with Crippen LogP contribution in [0, 0.1) is 0 Å². The Morgan fingerprint density at radius 3 is 2.30 bits per heavy atom. The van der Waals surface area contributed by atoms with Crippen molar-refractivity contribution in [3.05, 3.63) is 29.8 Å². The Kier molecular flexibility index (Phi) is 7.34. The highest BCUT2D eigenvalue weighted by Crippen LogP contribution is 2.21. The fourth-order valence-electron chi connectivity index (χ4n) is 2.96. The summed E-state index contributed by atoms with van der Waals surface area (Å²) in [5, 5.41) is 11.3. The molecule has 1 aliphatic rings. The van der Waals surface area contributed by atoms with Gasteiger partial charge in [0.1, 0.15) is 0 Å². The summed E-state index contributed by atoms with van der Waals surface area (Å²) in [6, 6.07) is 5.82. The van der Waals surface area contributed by atoms with Gasteiger partial charge >= 0.3 is 5.97 Å². The van der Waals surface area contributed by atoms with Crippen LogP contribution < -0.4 is 5.32 Å². The first-order valence-electron chi connectivity index (χ1n) is 8.96. The fourth-order valence-corrected chi connectivity index (χ4v) is 4.55. The van der Waals surface area contributed by atoms with Crippen molar-refractivity contribution in [2.75, 3.05) is 19.6 Å². The predicted octanol–water partition coefficient (Wildman–Crippen LogP) is 1.47. The molecular formula is C18H26N2O6S. The third-order valence-corrected chi connectivity index (χ3v) is 6.09. The lowest BCUT2D eigenvalue weighted by molar-refractivity contribution is -0.137. The van der Waals surface area contributed by atoms with Crippen LogP contribution in [0.4, 0.5) is 0 Å². The molecule has 1 aromatic rings. The van der Waals surface area contributed by atoms with Gasteiger partial charge in [-0.1, -0.05) is 0 Å². The number of aliphatic carboxylic acids is 1. The quantitative estimate of drug-likeness (QED) is 0.641. The number of nitrogens with zero attached hydrogens (tertiary/aromatic N) is 1. The zero-order chi connectivity index (χ0) is 20.0. The van der Waals surface area contributed by atoms with Gasteiger partial charge in [0.05, 0.1) is 17.1 Å². The number of hydrogen-bond donors (Lipinski definition) is 2. The van der Waals surface area contributed by atoms with Crippen molar-refractivity contribution < 1.29 is 27.9 Å². The van der Waals surface area contributed by atoms with Crippen molar-refractivity contribution in [3.63, 3.8) is 0 Å². The van der Waals surface area contributed by atoms with Crippen molar-refractivity contribution >= 4 is 21.9 Å². The van der Waals surface area contributed by atoms with Gasteiger partial charge in [0, 0.05) is 31.6 Å². The summed E-state index contributed by atoms with van der Waals surface area (Å²) in [6.07, 6.45) is 0.784.